The predicted octanol–water partition coefficient (Wildman–Crippen LogP) is 6.49. The summed E-state index contributed by atoms with van der Waals surface area (Å²) in [5.74, 6) is 0.0984. The van der Waals surface area contributed by atoms with E-state index in [1.54, 1.807) is 18.3 Å². The number of furan rings is 1. The molecule has 4 aromatic rings. The van der Waals surface area contributed by atoms with Gasteiger partial charge in [-0.05, 0) is 91.8 Å². The average molecular weight is 504 g/mol. The number of carbonyl (C=O) groups is 1. The molecule has 8 heteroatoms. The topological polar surface area (TPSA) is 78.6 Å². The van der Waals surface area contributed by atoms with Gasteiger partial charge in [-0.25, -0.2) is 4.79 Å². The highest BCUT2D eigenvalue weighted by atomic mass is 35.5. The third-order valence-corrected chi connectivity index (χ3v) is 6.62. The molecule has 1 aliphatic rings. The Bertz CT molecular complexity index is 1420. The zero-order valence-corrected chi connectivity index (χ0v) is 20.6. The van der Waals surface area contributed by atoms with Crippen LogP contribution in [0.5, 0.6) is 0 Å². The number of carboxylic acid groups (broad SMARTS) is 1. The number of thiocarbonyl (C=S) groups is 1. The molecule has 5 rings (SSSR count). The number of anilines is 1. The molecule has 0 saturated carbocycles. The van der Waals surface area contributed by atoms with Gasteiger partial charge in [0.1, 0.15) is 17.6 Å². The van der Waals surface area contributed by atoms with Crippen LogP contribution in [0.4, 0.5) is 5.69 Å². The van der Waals surface area contributed by atoms with Crippen molar-refractivity contribution in [1.82, 2.24) is 10.3 Å². The maximum atomic E-state index is 11.5. The highest BCUT2D eigenvalue weighted by Gasteiger charge is 2.42. The molecule has 0 bridgehead atoms. The van der Waals surface area contributed by atoms with Gasteiger partial charge in [0, 0.05) is 17.4 Å². The van der Waals surface area contributed by atoms with E-state index in [1.165, 1.54) is 12.1 Å². The molecule has 1 fully saturated rings. The summed E-state index contributed by atoms with van der Waals surface area (Å²) in [4.78, 5) is 18.1. The van der Waals surface area contributed by atoms with E-state index < -0.39 is 5.97 Å². The summed E-state index contributed by atoms with van der Waals surface area (Å²) < 4.78 is 6.34. The molecule has 0 radical (unpaired) electrons. The SMILES string of the molecule is Cc1cc(C)cc(N2C(=S)N[C@H](c3ccccn3)[C@@H]2c2ccc(-c3cc(C(=O)O)ccc3Cl)o2)c1. The smallest absolute Gasteiger partial charge is 0.335 e. The van der Waals surface area contributed by atoms with Crippen molar-refractivity contribution in [2.45, 2.75) is 25.9 Å². The Morgan fingerprint density at radius 1 is 1.09 bits per heavy atom. The van der Waals surface area contributed by atoms with Crippen molar-refractivity contribution in [2.75, 3.05) is 4.90 Å². The summed E-state index contributed by atoms with van der Waals surface area (Å²) in [6.07, 6.45) is 1.75. The second kappa shape index (κ2) is 9.17. The maximum Gasteiger partial charge on any atom is 0.335 e. The number of benzene rings is 2. The molecule has 0 unspecified atom stereocenters. The quantitative estimate of drug-likeness (QED) is 0.301. The molecule has 176 valence electrons. The lowest BCUT2D eigenvalue weighted by atomic mass is 10.0. The largest absolute Gasteiger partial charge is 0.478 e. The van der Waals surface area contributed by atoms with Crippen LogP contribution in [0.25, 0.3) is 11.3 Å². The van der Waals surface area contributed by atoms with E-state index in [1.807, 2.05) is 29.2 Å². The number of halogens is 1. The number of hydrogen-bond donors (Lipinski definition) is 2. The normalized spacial score (nSPS) is 17.5. The number of pyridine rings is 1. The number of aromatic nitrogens is 1. The van der Waals surface area contributed by atoms with Gasteiger partial charge in [0.15, 0.2) is 5.11 Å². The molecular formula is C27H22ClN3O3S. The molecular weight excluding hydrogens is 482 g/mol. The van der Waals surface area contributed by atoms with Crippen molar-refractivity contribution in [3.8, 4) is 11.3 Å². The van der Waals surface area contributed by atoms with Crippen LogP contribution in [0.3, 0.4) is 0 Å². The second-order valence-corrected chi connectivity index (χ2v) is 9.34. The molecule has 0 amide bonds. The zero-order chi connectivity index (χ0) is 24.7. The van der Waals surface area contributed by atoms with E-state index in [2.05, 4.69) is 42.3 Å². The van der Waals surface area contributed by atoms with Gasteiger partial charge < -0.3 is 19.7 Å². The Kier molecular flexibility index (Phi) is 6.05. The van der Waals surface area contributed by atoms with Crippen molar-refractivity contribution in [1.29, 1.82) is 0 Å². The summed E-state index contributed by atoms with van der Waals surface area (Å²) in [5.41, 5.74) is 4.68. The van der Waals surface area contributed by atoms with Gasteiger partial charge in [0.05, 0.1) is 22.3 Å². The van der Waals surface area contributed by atoms with Crippen LogP contribution in [-0.4, -0.2) is 21.2 Å². The fourth-order valence-electron chi connectivity index (χ4n) is 4.52. The van der Waals surface area contributed by atoms with Gasteiger partial charge in [-0.1, -0.05) is 23.7 Å². The second-order valence-electron chi connectivity index (χ2n) is 8.54. The van der Waals surface area contributed by atoms with Crippen molar-refractivity contribution in [3.05, 3.63) is 106 Å². The van der Waals surface area contributed by atoms with Crippen LogP contribution in [-0.2, 0) is 0 Å². The van der Waals surface area contributed by atoms with Crippen LogP contribution in [0.1, 0.15) is 45.0 Å². The van der Waals surface area contributed by atoms with Crippen LogP contribution < -0.4 is 10.2 Å². The van der Waals surface area contributed by atoms with Crippen molar-refractivity contribution < 1.29 is 14.3 Å². The highest BCUT2D eigenvalue weighted by molar-refractivity contribution is 7.80. The lowest BCUT2D eigenvalue weighted by molar-refractivity contribution is 0.0697. The van der Waals surface area contributed by atoms with Crippen LogP contribution in [0.2, 0.25) is 5.02 Å². The number of rotatable bonds is 5. The molecule has 2 aromatic heterocycles. The Labute approximate surface area is 213 Å². The third kappa shape index (κ3) is 4.40. The Morgan fingerprint density at radius 2 is 1.86 bits per heavy atom. The molecule has 0 spiro atoms. The van der Waals surface area contributed by atoms with Gasteiger partial charge in [0.25, 0.3) is 0 Å². The van der Waals surface area contributed by atoms with E-state index in [0.717, 1.165) is 22.5 Å². The monoisotopic (exact) mass is 503 g/mol. The summed E-state index contributed by atoms with van der Waals surface area (Å²) >= 11 is 12.2. The maximum absolute atomic E-state index is 11.5. The van der Waals surface area contributed by atoms with Crippen LogP contribution in [0.15, 0.2) is 77.3 Å². The fourth-order valence-corrected chi connectivity index (χ4v) is 5.07. The Hall–Kier alpha value is -3.68. The molecule has 3 heterocycles. The summed E-state index contributed by atoms with van der Waals surface area (Å²) in [6, 6.07) is 19.7. The standard InChI is InChI=1S/C27H22ClN3O3S/c1-15-11-16(2)13-18(12-15)31-25(24(30-27(31)35)21-5-3-4-10-29-21)23-9-8-22(34-23)19-14-17(26(32)33)6-7-20(19)28/h3-14,24-25H,1-2H3,(H,30,35)(H,32,33)/t24-,25+/m1/s1. The first-order valence-corrected chi connectivity index (χ1v) is 11.8. The minimum atomic E-state index is -1.03. The zero-order valence-electron chi connectivity index (χ0n) is 19.0. The lowest BCUT2D eigenvalue weighted by Crippen LogP contribution is -2.29. The van der Waals surface area contributed by atoms with E-state index in [4.69, 9.17) is 28.2 Å². The van der Waals surface area contributed by atoms with Gasteiger partial charge >= 0.3 is 5.97 Å². The minimum Gasteiger partial charge on any atom is -0.478 e. The first kappa shape index (κ1) is 23.1. The molecule has 2 aromatic carbocycles. The molecule has 0 aliphatic carbocycles. The van der Waals surface area contributed by atoms with E-state index in [9.17, 15) is 9.90 Å². The number of nitrogens with one attached hydrogen (secondary N) is 1. The fraction of sp³-hybridized carbons (Fsp3) is 0.148. The van der Waals surface area contributed by atoms with E-state index >= 15 is 0 Å². The number of nitrogens with zero attached hydrogens (tertiary/aromatic N) is 2. The van der Waals surface area contributed by atoms with Crippen molar-refractivity contribution >= 4 is 40.6 Å². The minimum absolute atomic E-state index is 0.134. The predicted molar refractivity (Wildman–Crippen MR) is 140 cm³/mol. The molecule has 2 atom stereocenters. The number of aromatic carboxylic acids is 1. The molecule has 1 aliphatic heterocycles. The number of hydrogen-bond acceptors (Lipinski definition) is 4. The van der Waals surface area contributed by atoms with Crippen molar-refractivity contribution in [2.24, 2.45) is 0 Å². The molecule has 1 saturated heterocycles. The van der Waals surface area contributed by atoms with Gasteiger partial charge in [-0.3, -0.25) is 4.98 Å². The van der Waals surface area contributed by atoms with Gasteiger partial charge in [0.2, 0.25) is 0 Å². The van der Waals surface area contributed by atoms with Crippen molar-refractivity contribution in [3.63, 3.8) is 0 Å². The Balaban J connectivity index is 1.63. The molecule has 6 nitrogen and oxygen atoms in total. The summed E-state index contributed by atoms with van der Waals surface area (Å²) in [5, 5.41) is 13.8. The van der Waals surface area contributed by atoms with Gasteiger partial charge in [-0.15, -0.1) is 0 Å². The van der Waals surface area contributed by atoms with Crippen LogP contribution in [0, 0.1) is 13.8 Å². The van der Waals surface area contributed by atoms with E-state index in [-0.39, 0.29) is 17.6 Å². The number of aryl methyl sites for hydroxylation is 2. The third-order valence-electron chi connectivity index (χ3n) is 5.98. The molecule has 35 heavy (non-hydrogen) atoms. The lowest BCUT2D eigenvalue weighted by Gasteiger charge is -2.26. The highest BCUT2D eigenvalue weighted by Crippen LogP contribution is 2.43. The Morgan fingerprint density at radius 3 is 2.54 bits per heavy atom. The molecule has 2 N–H and O–H groups in total. The van der Waals surface area contributed by atoms with E-state index in [0.29, 0.717) is 27.2 Å². The summed E-state index contributed by atoms with van der Waals surface area (Å²) in [7, 11) is 0. The number of carboxylic acids is 1. The van der Waals surface area contributed by atoms with Crippen LogP contribution >= 0.6 is 23.8 Å². The first-order valence-electron chi connectivity index (χ1n) is 11.0. The first-order chi connectivity index (χ1) is 16.8. The average Bonchev–Trinajstić information content (AvgIpc) is 3.43. The summed E-state index contributed by atoms with van der Waals surface area (Å²) in [6.45, 7) is 4.10. The van der Waals surface area contributed by atoms with Gasteiger partial charge in [-0.2, -0.15) is 0 Å².